The van der Waals surface area contributed by atoms with E-state index in [2.05, 4.69) is 169 Å². The summed E-state index contributed by atoms with van der Waals surface area (Å²) in [5.74, 6) is 0. The highest BCUT2D eigenvalue weighted by Gasteiger charge is 2.37. The van der Waals surface area contributed by atoms with Gasteiger partial charge < -0.3 is 9.13 Å². The Morgan fingerprint density at radius 1 is 0.490 bits per heavy atom. The molecule has 1 aliphatic rings. The summed E-state index contributed by atoms with van der Waals surface area (Å²) in [6.07, 6.45) is 0. The molecule has 0 spiro atoms. The molecule has 0 atom stereocenters. The molecule has 10 rings (SSSR count). The van der Waals surface area contributed by atoms with Crippen LogP contribution >= 0.6 is 0 Å². The maximum absolute atomic E-state index is 9.86. The van der Waals surface area contributed by atoms with Crippen molar-refractivity contribution in [2.45, 2.75) is 19.3 Å². The zero-order chi connectivity index (χ0) is 32.9. The molecule has 3 heteroatoms. The van der Waals surface area contributed by atoms with Crippen molar-refractivity contribution in [2.24, 2.45) is 0 Å². The Bertz CT molecular complexity index is 2820. The summed E-state index contributed by atoms with van der Waals surface area (Å²) in [7, 11) is 0. The summed E-state index contributed by atoms with van der Waals surface area (Å²) < 4.78 is 4.80. The Labute approximate surface area is 284 Å². The Balaban J connectivity index is 1.21. The van der Waals surface area contributed by atoms with Gasteiger partial charge in [-0.25, -0.2) is 0 Å². The predicted molar refractivity (Wildman–Crippen MR) is 203 cm³/mol. The molecule has 7 aromatic carbocycles. The van der Waals surface area contributed by atoms with Gasteiger partial charge in [-0.1, -0.05) is 111 Å². The first-order valence-corrected chi connectivity index (χ1v) is 16.8. The van der Waals surface area contributed by atoms with Gasteiger partial charge in [-0.3, -0.25) is 0 Å². The summed E-state index contributed by atoms with van der Waals surface area (Å²) >= 11 is 0. The molecule has 1 aliphatic carbocycles. The van der Waals surface area contributed by atoms with Gasteiger partial charge in [0.05, 0.1) is 33.7 Å². The van der Waals surface area contributed by atoms with Crippen LogP contribution in [0, 0.1) is 11.3 Å². The maximum Gasteiger partial charge on any atom is 0.0991 e. The van der Waals surface area contributed by atoms with E-state index in [1.165, 1.54) is 49.6 Å². The molecule has 230 valence electrons. The predicted octanol–water partition coefficient (Wildman–Crippen LogP) is 11.7. The van der Waals surface area contributed by atoms with Gasteiger partial charge in [0.15, 0.2) is 0 Å². The van der Waals surface area contributed by atoms with Gasteiger partial charge in [-0.2, -0.15) is 5.26 Å². The van der Waals surface area contributed by atoms with E-state index in [0.29, 0.717) is 5.56 Å². The summed E-state index contributed by atoms with van der Waals surface area (Å²) in [6.45, 7) is 4.66. The third kappa shape index (κ3) is 3.83. The lowest BCUT2D eigenvalue weighted by Gasteiger charge is -2.21. The molecule has 0 radical (unpaired) electrons. The third-order valence-corrected chi connectivity index (χ3v) is 10.7. The maximum atomic E-state index is 9.86. The molecule has 0 saturated heterocycles. The molecule has 0 amide bonds. The minimum Gasteiger partial charge on any atom is -0.309 e. The first-order valence-electron chi connectivity index (χ1n) is 16.8. The second kappa shape index (κ2) is 10.1. The molecule has 0 N–H and O–H groups in total. The molecule has 0 bridgehead atoms. The van der Waals surface area contributed by atoms with Crippen molar-refractivity contribution in [3.05, 3.63) is 168 Å². The van der Waals surface area contributed by atoms with Gasteiger partial charge in [0, 0.05) is 43.9 Å². The van der Waals surface area contributed by atoms with Crippen LogP contribution < -0.4 is 0 Å². The SMILES string of the molecule is CC1(C)c2ccccc2-c2c1ccc1c3cc(C#N)ccc3n(-c3cccc(-c4cccc(-n5c6ccccc6c6ccccc65)c4)c3)c21. The van der Waals surface area contributed by atoms with Crippen LogP contribution in [0.1, 0.15) is 30.5 Å². The largest absolute Gasteiger partial charge is 0.309 e. The summed E-state index contributed by atoms with van der Waals surface area (Å²) in [5, 5.41) is 14.6. The molecule has 0 unspecified atom stereocenters. The monoisotopic (exact) mass is 625 g/mol. The van der Waals surface area contributed by atoms with Crippen molar-refractivity contribution < 1.29 is 0 Å². The number of fused-ring (bicyclic) bond motifs is 10. The van der Waals surface area contributed by atoms with Crippen LogP contribution in [0.2, 0.25) is 0 Å². The van der Waals surface area contributed by atoms with E-state index in [0.717, 1.165) is 38.8 Å². The highest BCUT2D eigenvalue weighted by molar-refractivity contribution is 6.16. The molecule has 2 aromatic heterocycles. The van der Waals surface area contributed by atoms with Crippen LogP contribution in [-0.2, 0) is 5.41 Å². The van der Waals surface area contributed by atoms with Gasteiger partial charge in [0.25, 0.3) is 0 Å². The highest BCUT2D eigenvalue weighted by atomic mass is 15.0. The van der Waals surface area contributed by atoms with Crippen molar-refractivity contribution in [1.29, 1.82) is 5.26 Å². The quantitative estimate of drug-likeness (QED) is 0.192. The number of benzene rings is 7. The molecule has 0 saturated carbocycles. The van der Waals surface area contributed by atoms with Crippen molar-refractivity contribution in [3.8, 4) is 39.7 Å². The molecule has 3 nitrogen and oxygen atoms in total. The molecule has 49 heavy (non-hydrogen) atoms. The molecule has 2 heterocycles. The van der Waals surface area contributed by atoms with E-state index >= 15 is 0 Å². The number of nitriles is 1. The summed E-state index contributed by atoms with van der Waals surface area (Å²) in [6, 6.07) is 57.0. The Kier molecular flexibility index (Phi) is 5.69. The number of rotatable bonds is 3. The van der Waals surface area contributed by atoms with Crippen LogP contribution in [-0.4, -0.2) is 9.13 Å². The average molecular weight is 626 g/mol. The Morgan fingerprint density at radius 3 is 1.80 bits per heavy atom. The number of para-hydroxylation sites is 2. The number of aromatic nitrogens is 2. The topological polar surface area (TPSA) is 33.6 Å². The van der Waals surface area contributed by atoms with Gasteiger partial charge in [-0.15, -0.1) is 0 Å². The summed E-state index contributed by atoms with van der Waals surface area (Å²) in [4.78, 5) is 0. The zero-order valence-corrected chi connectivity index (χ0v) is 27.3. The van der Waals surface area contributed by atoms with Crippen molar-refractivity contribution >= 4 is 43.6 Å². The van der Waals surface area contributed by atoms with E-state index in [-0.39, 0.29) is 5.41 Å². The standard InChI is InChI=1S/C46H31N3/c1-46(2)39-18-6-3-17-37(39)44-40(46)23-22-36-38-25-29(28-47)21-24-43(38)49(45(36)44)33-14-10-12-31(27-33)30-11-9-13-32(26-30)48-41-19-7-4-15-34(41)35-16-5-8-20-42(35)48/h3-27H,1-2H3. The normalized spacial score (nSPS) is 13.2. The van der Waals surface area contributed by atoms with Crippen LogP contribution in [0.5, 0.6) is 0 Å². The van der Waals surface area contributed by atoms with E-state index in [1.54, 1.807) is 0 Å². The fourth-order valence-electron chi connectivity index (χ4n) is 8.48. The second-order valence-corrected chi connectivity index (χ2v) is 13.7. The van der Waals surface area contributed by atoms with E-state index < -0.39 is 0 Å². The number of hydrogen-bond donors (Lipinski definition) is 0. The molecular weight excluding hydrogens is 595 g/mol. The van der Waals surface area contributed by atoms with E-state index in [1.807, 2.05) is 12.1 Å². The number of nitrogens with zero attached hydrogens (tertiary/aromatic N) is 3. The molecular formula is C46H31N3. The lowest BCUT2D eigenvalue weighted by atomic mass is 9.82. The van der Waals surface area contributed by atoms with Gasteiger partial charge in [0.2, 0.25) is 0 Å². The van der Waals surface area contributed by atoms with Gasteiger partial charge >= 0.3 is 0 Å². The molecule has 0 aliphatic heterocycles. The molecule has 9 aromatic rings. The third-order valence-electron chi connectivity index (χ3n) is 10.7. The Hall–Kier alpha value is -6.37. The van der Waals surface area contributed by atoms with Crippen molar-refractivity contribution in [2.75, 3.05) is 0 Å². The minimum atomic E-state index is -0.117. The van der Waals surface area contributed by atoms with Crippen LogP contribution in [0.25, 0.3) is 77.2 Å². The van der Waals surface area contributed by atoms with Crippen molar-refractivity contribution in [3.63, 3.8) is 0 Å². The second-order valence-electron chi connectivity index (χ2n) is 13.7. The average Bonchev–Trinajstić information content (AvgIpc) is 3.75. The first-order chi connectivity index (χ1) is 24.0. The highest BCUT2D eigenvalue weighted by Crippen LogP contribution is 2.53. The van der Waals surface area contributed by atoms with Gasteiger partial charge in [-0.05, 0) is 82.4 Å². The van der Waals surface area contributed by atoms with Crippen molar-refractivity contribution in [1.82, 2.24) is 9.13 Å². The first kappa shape index (κ1) is 27.7. The number of hydrogen-bond acceptors (Lipinski definition) is 1. The van der Waals surface area contributed by atoms with E-state index in [4.69, 9.17) is 0 Å². The fraction of sp³-hybridized carbons (Fsp3) is 0.0652. The van der Waals surface area contributed by atoms with Crippen LogP contribution in [0.15, 0.2) is 152 Å². The molecule has 0 fully saturated rings. The van der Waals surface area contributed by atoms with Crippen LogP contribution in [0.3, 0.4) is 0 Å². The van der Waals surface area contributed by atoms with E-state index in [9.17, 15) is 5.26 Å². The zero-order valence-electron chi connectivity index (χ0n) is 27.3. The lowest BCUT2D eigenvalue weighted by Crippen LogP contribution is -2.14. The lowest BCUT2D eigenvalue weighted by molar-refractivity contribution is 0.661. The smallest absolute Gasteiger partial charge is 0.0991 e. The van der Waals surface area contributed by atoms with Crippen LogP contribution in [0.4, 0.5) is 0 Å². The fourth-order valence-corrected chi connectivity index (χ4v) is 8.48. The van der Waals surface area contributed by atoms with Gasteiger partial charge in [0.1, 0.15) is 0 Å². The minimum absolute atomic E-state index is 0.117. The summed E-state index contributed by atoms with van der Waals surface area (Å²) in [5.41, 5.74) is 15.0. The Morgan fingerprint density at radius 2 is 1.10 bits per heavy atom.